The first-order valence-electron chi connectivity index (χ1n) is 4.89. The number of carbonyl (C=O) groups is 2. The Labute approximate surface area is 93.8 Å². The SMILES string of the molecule is CC1(NC(=O)O)C=C(C#N)C(=O)C(C)(C)C1. The lowest BCUT2D eigenvalue weighted by molar-refractivity contribution is -0.124. The number of nitriles is 1. The maximum atomic E-state index is 11.8. The van der Waals surface area contributed by atoms with Gasteiger partial charge in [-0.25, -0.2) is 4.79 Å². The zero-order valence-electron chi connectivity index (χ0n) is 9.50. The smallest absolute Gasteiger partial charge is 0.405 e. The Hall–Kier alpha value is -1.83. The lowest BCUT2D eigenvalue weighted by atomic mass is 9.69. The van der Waals surface area contributed by atoms with Gasteiger partial charge in [0, 0.05) is 5.41 Å². The number of hydrogen-bond acceptors (Lipinski definition) is 3. The quantitative estimate of drug-likeness (QED) is 0.702. The highest BCUT2D eigenvalue weighted by Crippen LogP contribution is 2.37. The third-order valence-corrected chi connectivity index (χ3v) is 2.64. The Morgan fingerprint density at radius 3 is 2.56 bits per heavy atom. The highest BCUT2D eigenvalue weighted by molar-refractivity contribution is 6.04. The fourth-order valence-electron chi connectivity index (χ4n) is 2.21. The Kier molecular flexibility index (Phi) is 2.78. The number of nitrogens with one attached hydrogen (secondary N) is 1. The highest BCUT2D eigenvalue weighted by Gasteiger charge is 2.43. The van der Waals surface area contributed by atoms with Crippen LogP contribution in [0.15, 0.2) is 11.6 Å². The van der Waals surface area contributed by atoms with E-state index in [-0.39, 0.29) is 11.4 Å². The first kappa shape index (κ1) is 12.2. The molecule has 16 heavy (non-hydrogen) atoms. The van der Waals surface area contributed by atoms with Gasteiger partial charge in [-0.2, -0.15) is 5.26 Å². The van der Waals surface area contributed by atoms with Crippen LogP contribution >= 0.6 is 0 Å². The fraction of sp³-hybridized carbons (Fsp3) is 0.545. The summed E-state index contributed by atoms with van der Waals surface area (Å²) in [7, 11) is 0. The van der Waals surface area contributed by atoms with Crippen LogP contribution in [0.25, 0.3) is 0 Å². The van der Waals surface area contributed by atoms with Gasteiger partial charge in [-0.1, -0.05) is 13.8 Å². The van der Waals surface area contributed by atoms with Gasteiger partial charge in [-0.05, 0) is 19.4 Å². The van der Waals surface area contributed by atoms with Crippen molar-refractivity contribution in [3.8, 4) is 6.07 Å². The Morgan fingerprint density at radius 1 is 1.56 bits per heavy atom. The average Bonchev–Trinajstić information content (AvgIpc) is 2.09. The molecule has 0 aliphatic heterocycles. The molecule has 0 radical (unpaired) electrons. The van der Waals surface area contributed by atoms with Crippen molar-refractivity contribution in [3.63, 3.8) is 0 Å². The molecule has 0 saturated heterocycles. The van der Waals surface area contributed by atoms with Crippen molar-refractivity contribution in [2.75, 3.05) is 0 Å². The van der Waals surface area contributed by atoms with Crippen molar-refractivity contribution in [1.82, 2.24) is 5.32 Å². The highest BCUT2D eigenvalue weighted by atomic mass is 16.4. The van der Waals surface area contributed by atoms with Gasteiger partial charge < -0.3 is 10.4 Å². The van der Waals surface area contributed by atoms with Crippen molar-refractivity contribution >= 4 is 11.9 Å². The number of carboxylic acid groups (broad SMARTS) is 1. The van der Waals surface area contributed by atoms with Gasteiger partial charge in [-0.15, -0.1) is 0 Å². The number of carbonyl (C=O) groups excluding carboxylic acids is 1. The van der Waals surface area contributed by atoms with Gasteiger partial charge in [0.25, 0.3) is 0 Å². The minimum absolute atomic E-state index is 0.0208. The van der Waals surface area contributed by atoms with E-state index in [0.717, 1.165) is 0 Å². The zero-order chi connectivity index (χ0) is 12.6. The van der Waals surface area contributed by atoms with Crippen LogP contribution in [-0.2, 0) is 4.79 Å². The molecule has 1 aliphatic rings. The zero-order valence-corrected chi connectivity index (χ0v) is 9.50. The largest absolute Gasteiger partial charge is 0.465 e. The molecule has 5 heteroatoms. The lowest BCUT2D eigenvalue weighted by Gasteiger charge is -2.38. The Balaban J connectivity index is 3.17. The number of hydrogen-bond donors (Lipinski definition) is 2. The van der Waals surface area contributed by atoms with E-state index in [9.17, 15) is 9.59 Å². The van der Waals surface area contributed by atoms with E-state index in [0.29, 0.717) is 6.42 Å². The monoisotopic (exact) mass is 222 g/mol. The summed E-state index contributed by atoms with van der Waals surface area (Å²) in [5.74, 6) is -0.236. The number of amides is 1. The molecule has 1 atom stereocenters. The molecule has 0 aromatic carbocycles. The summed E-state index contributed by atoms with van der Waals surface area (Å²) >= 11 is 0. The minimum Gasteiger partial charge on any atom is -0.465 e. The van der Waals surface area contributed by atoms with Crippen LogP contribution in [0.4, 0.5) is 4.79 Å². The maximum absolute atomic E-state index is 11.8. The normalized spacial score (nSPS) is 27.9. The second-order valence-electron chi connectivity index (χ2n) is 4.91. The van der Waals surface area contributed by atoms with Gasteiger partial charge in [0.2, 0.25) is 0 Å². The summed E-state index contributed by atoms with van der Waals surface area (Å²) in [5, 5.41) is 19.9. The number of rotatable bonds is 1. The molecule has 1 rings (SSSR count). The molecule has 2 N–H and O–H groups in total. The third kappa shape index (κ3) is 2.22. The second-order valence-corrected chi connectivity index (χ2v) is 4.91. The fourth-order valence-corrected chi connectivity index (χ4v) is 2.21. The summed E-state index contributed by atoms with van der Waals surface area (Å²) < 4.78 is 0. The van der Waals surface area contributed by atoms with E-state index in [1.165, 1.54) is 6.08 Å². The van der Waals surface area contributed by atoms with Gasteiger partial charge in [0.1, 0.15) is 6.07 Å². The Bertz CT molecular complexity index is 417. The molecule has 86 valence electrons. The summed E-state index contributed by atoms with van der Waals surface area (Å²) in [5.41, 5.74) is -1.57. The van der Waals surface area contributed by atoms with E-state index in [1.54, 1.807) is 20.8 Å². The van der Waals surface area contributed by atoms with Crippen molar-refractivity contribution in [1.29, 1.82) is 5.26 Å². The summed E-state index contributed by atoms with van der Waals surface area (Å²) in [4.78, 5) is 22.4. The number of allylic oxidation sites excluding steroid dienone is 1. The van der Waals surface area contributed by atoms with Crippen LogP contribution in [0.3, 0.4) is 0 Å². The first-order chi connectivity index (χ1) is 7.20. The van der Waals surface area contributed by atoms with Gasteiger partial charge in [-0.3, -0.25) is 4.79 Å². The molecular formula is C11H14N2O3. The molecule has 0 saturated carbocycles. The van der Waals surface area contributed by atoms with Crippen LogP contribution in [0.2, 0.25) is 0 Å². The van der Waals surface area contributed by atoms with Crippen LogP contribution in [0.1, 0.15) is 27.2 Å². The van der Waals surface area contributed by atoms with E-state index >= 15 is 0 Å². The molecule has 1 unspecified atom stereocenters. The third-order valence-electron chi connectivity index (χ3n) is 2.64. The molecule has 0 bridgehead atoms. The molecule has 1 aliphatic carbocycles. The van der Waals surface area contributed by atoms with Crippen LogP contribution in [0, 0.1) is 16.7 Å². The molecule has 0 spiro atoms. The van der Waals surface area contributed by atoms with E-state index in [1.807, 2.05) is 6.07 Å². The number of Topliss-reactive ketones (excluding diaryl/α,β-unsaturated/α-hetero) is 1. The maximum Gasteiger partial charge on any atom is 0.405 e. The molecule has 0 aromatic rings. The topological polar surface area (TPSA) is 90.2 Å². The van der Waals surface area contributed by atoms with Gasteiger partial charge >= 0.3 is 6.09 Å². The van der Waals surface area contributed by atoms with Crippen LogP contribution in [0.5, 0.6) is 0 Å². The Morgan fingerprint density at radius 2 is 2.12 bits per heavy atom. The second kappa shape index (κ2) is 3.63. The van der Waals surface area contributed by atoms with Crippen molar-refractivity contribution in [2.24, 2.45) is 5.41 Å². The molecule has 0 aromatic heterocycles. The summed E-state index contributed by atoms with van der Waals surface area (Å²) in [6.07, 6.45) is 0.576. The standard InChI is InChI=1S/C11H14N2O3/c1-10(2)6-11(3,13-9(15)16)4-7(5-12)8(10)14/h4,13H,6H2,1-3H3,(H,15,16). The van der Waals surface area contributed by atoms with Crippen LogP contribution in [-0.4, -0.2) is 22.5 Å². The molecule has 0 fully saturated rings. The number of ketones is 1. The number of nitrogens with zero attached hydrogens (tertiary/aromatic N) is 1. The molecule has 5 nitrogen and oxygen atoms in total. The summed E-state index contributed by atoms with van der Waals surface area (Å²) in [6.45, 7) is 5.08. The van der Waals surface area contributed by atoms with Crippen LogP contribution < -0.4 is 5.32 Å². The minimum atomic E-state index is -1.17. The van der Waals surface area contributed by atoms with E-state index in [4.69, 9.17) is 10.4 Å². The van der Waals surface area contributed by atoms with Crippen molar-refractivity contribution in [3.05, 3.63) is 11.6 Å². The van der Waals surface area contributed by atoms with E-state index in [2.05, 4.69) is 5.32 Å². The lowest BCUT2D eigenvalue weighted by Crippen LogP contribution is -2.51. The van der Waals surface area contributed by atoms with Gasteiger partial charge in [0.05, 0.1) is 11.1 Å². The van der Waals surface area contributed by atoms with Crippen molar-refractivity contribution in [2.45, 2.75) is 32.7 Å². The average molecular weight is 222 g/mol. The van der Waals surface area contributed by atoms with Crippen molar-refractivity contribution < 1.29 is 14.7 Å². The molecular weight excluding hydrogens is 208 g/mol. The van der Waals surface area contributed by atoms with Gasteiger partial charge in [0.15, 0.2) is 5.78 Å². The molecule has 0 heterocycles. The summed E-state index contributed by atoms with van der Waals surface area (Å²) in [6, 6.07) is 1.82. The van der Waals surface area contributed by atoms with E-state index < -0.39 is 17.0 Å². The predicted octanol–water partition coefficient (Wildman–Crippen LogP) is 1.46. The predicted molar refractivity (Wildman–Crippen MR) is 56.7 cm³/mol. The molecule has 1 amide bonds. The first-order valence-corrected chi connectivity index (χ1v) is 4.89.